The van der Waals surface area contributed by atoms with Crippen LogP contribution in [-0.2, 0) is 0 Å². The zero-order valence-electron chi connectivity index (χ0n) is 9.05. The van der Waals surface area contributed by atoms with E-state index in [4.69, 9.17) is 16.9 Å². The van der Waals surface area contributed by atoms with E-state index in [1.807, 2.05) is 6.07 Å². The second-order valence-corrected chi connectivity index (χ2v) is 4.84. The van der Waals surface area contributed by atoms with E-state index in [1.165, 1.54) is 18.2 Å². The summed E-state index contributed by atoms with van der Waals surface area (Å²) in [6.07, 6.45) is 0. The largest absolute Gasteiger partial charge is 0.353 e. The minimum Gasteiger partial charge on any atom is -0.353 e. The maximum absolute atomic E-state index is 13.0. The first-order chi connectivity index (χ1) is 8.60. The number of nitrogens with zero attached hydrogens (tertiary/aromatic N) is 1. The summed E-state index contributed by atoms with van der Waals surface area (Å²) in [7, 11) is 0. The molecule has 2 rings (SSSR count). The van der Waals surface area contributed by atoms with Gasteiger partial charge in [0.1, 0.15) is 11.9 Å². The van der Waals surface area contributed by atoms with Gasteiger partial charge in [-0.1, -0.05) is 11.6 Å². The van der Waals surface area contributed by atoms with Gasteiger partial charge in [0.05, 0.1) is 16.9 Å². The molecule has 90 valence electrons. The molecule has 2 aromatic rings. The Morgan fingerprint density at radius 3 is 2.67 bits per heavy atom. The second-order valence-electron chi connectivity index (χ2n) is 3.55. The van der Waals surface area contributed by atoms with Crippen LogP contribution in [0.4, 0.5) is 15.8 Å². The molecule has 0 fully saturated rings. The van der Waals surface area contributed by atoms with Crippen molar-refractivity contribution in [3.05, 3.63) is 57.3 Å². The first-order valence-corrected chi connectivity index (χ1v) is 6.19. The molecule has 2 aromatic carbocycles. The Bertz CT molecular complexity index is 637. The van der Waals surface area contributed by atoms with Crippen LogP contribution in [0, 0.1) is 17.1 Å². The van der Waals surface area contributed by atoms with E-state index in [0.717, 1.165) is 4.47 Å². The van der Waals surface area contributed by atoms with Crippen LogP contribution in [0.5, 0.6) is 0 Å². The molecule has 5 heteroatoms. The molecule has 0 unspecified atom stereocenters. The normalized spacial score (nSPS) is 9.89. The first-order valence-electron chi connectivity index (χ1n) is 5.02. The quantitative estimate of drug-likeness (QED) is 0.856. The van der Waals surface area contributed by atoms with Crippen molar-refractivity contribution in [3.8, 4) is 6.07 Å². The summed E-state index contributed by atoms with van der Waals surface area (Å²) in [5.74, 6) is -0.442. The minimum absolute atomic E-state index is 0.238. The fourth-order valence-electron chi connectivity index (χ4n) is 1.46. The van der Waals surface area contributed by atoms with Gasteiger partial charge < -0.3 is 5.32 Å². The highest BCUT2D eigenvalue weighted by Crippen LogP contribution is 2.30. The van der Waals surface area contributed by atoms with Crippen LogP contribution in [-0.4, -0.2) is 0 Å². The minimum atomic E-state index is -0.442. The lowest BCUT2D eigenvalue weighted by Gasteiger charge is -2.10. The van der Waals surface area contributed by atoms with Gasteiger partial charge in [-0.05, 0) is 52.3 Å². The fourth-order valence-corrected chi connectivity index (χ4v) is 1.97. The lowest BCUT2D eigenvalue weighted by atomic mass is 10.2. The van der Waals surface area contributed by atoms with Crippen LogP contribution in [0.2, 0.25) is 5.02 Å². The topological polar surface area (TPSA) is 35.8 Å². The Labute approximate surface area is 117 Å². The number of anilines is 2. The van der Waals surface area contributed by atoms with Crippen molar-refractivity contribution in [2.45, 2.75) is 0 Å². The zero-order chi connectivity index (χ0) is 13.1. The molecule has 0 atom stereocenters. The maximum atomic E-state index is 13.0. The van der Waals surface area contributed by atoms with Crippen molar-refractivity contribution >= 4 is 38.9 Å². The maximum Gasteiger partial charge on any atom is 0.124 e. The van der Waals surface area contributed by atoms with E-state index in [2.05, 4.69) is 21.2 Å². The number of halogens is 3. The Morgan fingerprint density at radius 1 is 1.17 bits per heavy atom. The summed E-state index contributed by atoms with van der Waals surface area (Å²) in [6.45, 7) is 0. The molecule has 0 aliphatic rings. The number of nitrogens with one attached hydrogen (secondary N) is 1. The fraction of sp³-hybridized carbons (Fsp3) is 0. The Hall–Kier alpha value is -1.57. The summed E-state index contributed by atoms with van der Waals surface area (Å²) in [6, 6.07) is 11.2. The molecule has 0 saturated heterocycles. The van der Waals surface area contributed by atoms with Crippen molar-refractivity contribution in [2.24, 2.45) is 0 Å². The lowest BCUT2D eigenvalue weighted by Crippen LogP contribution is -1.95. The van der Waals surface area contributed by atoms with E-state index in [-0.39, 0.29) is 5.56 Å². The molecule has 0 saturated carbocycles. The van der Waals surface area contributed by atoms with Crippen molar-refractivity contribution in [1.82, 2.24) is 0 Å². The summed E-state index contributed by atoms with van der Waals surface area (Å²) >= 11 is 9.27. The van der Waals surface area contributed by atoms with Gasteiger partial charge in [-0.2, -0.15) is 5.26 Å². The van der Waals surface area contributed by atoms with Gasteiger partial charge in [0, 0.05) is 9.50 Å². The molecule has 0 aliphatic heterocycles. The monoisotopic (exact) mass is 324 g/mol. The number of hydrogen-bond donors (Lipinski definition) is 1. The Balaban J connectivity index is 2.40. The highest BCUT2D eigenvalue weighted by molar-refractivity contribution is 9.10. The summed E-state index contributed by atoms with van der Waals surface area (Å²) in [5.41, 5.74) is 1.48. The first kappa shape index (κ1) is 12.9. The standard InChI is InChI=1S/C13H7BrClFN2/c14-11-3-1-9(15)6-13(11)18-12-4-2-10(16)5-8(12)7-17/h1-6,18H. The number of benzene rings is 2. The van der Waals surface area contributed by atoms with Crippen molar-refractivity contribution in [3.63, 3.8) is 0 Å². The van der Waals surface area contributed by atoms with Gasteiger partial charge in [0.15, 0.2) is 0 Å². The van der Waals surface area contributed by atoms with Crippen LogP contribution in [0.1, 0.15) is 5.56 Å². The molecular weight excluding hydrogens is 319 g/mol. The molecule has 0 radical (unpaired) electrons. The lowest BCUT2D eigenvalue weighted by molar-refractivity contribution is 0.627. The van der Waals surface area contributed by atoms with E-state index >= 15 is 0 Å². The van der Waals surface area contributed by atoms with E-state index in [9.17, 15) is 4.39 Å². The molecule has 18 heavy (non-hydrogen) atoms. The van der Waals surface area contributed by atoms with Gasteiger partial charge in [0.2, 0.25) is 0 Å². The molecule has 2 nitrogen and oxygen atoms in total. The van der Waals surface area contributed by atoms with Crippen LogP contribution in [0.15, 0.2) is 40.9 Å². The van der Waals surface area contributed by atoms with Gasteiger partial charge in [0.25, 0.3) is 0 Å². The van der Waals surface area contributed by atoms with Gasteiger partial charge in [-0.3, -0.25) is 0 Å². The SMILES string of the molecule is N#Cc1cc(F)ccc1Nc1cc(Cl)ccc1Br. The third-order valence-electron chi connectivity index (χ3n) is 2.30. The van der Waals surface area contributed by atoms with Crippen LogP contribution >= 0.6 is 27.5 Å². The smallest absolute Gasteiger partial charge is 0.124 e. The molecule has 1 N–H and O–H groups in total. The molecule has 0 bridgehead atoms. The van der Waals surface area contributed by atoms with Crippen molar-refractivity contribution < 1.29 is 4.39 Å². The molecule has 0 heterocycles. The second kappa shape index (κ2) is 5.38. The third-order valence-corrected chi connectivity index (χ3v) is 3.23. The molecule has 0 aliphatic carbocycles. The summed E-state index contributed by atoms with van der Waals surface area (Å²) in [5, 5.41) is 12.6. The zero-order valence-corrected chi connectivity index (χ0v) is 11.4. The third kappa shape index (κ3) is 2.81. The van der Waals surface area contributed by atoms with E-state index < -0.39 is 5.82 Å². The Kier molecular flexibility index (Phi) is 3.85. The highest BCUT2D eigenvalue weighted by Gasteiger charge is 2.06. The van der Waals surface area contributed by atoms with Gasteiger partial charge >= 0.3 is 0 Å². The van der Waals surface area contributed by atoms with E-state index in [1.54, 1.807) is 18.2 Å². The number of rotatable bonds is 2. The number of nitriles is 1. The predicted molar refractivity (Wildman–Crippen MR) is 73.5 cm³/mol. The summed E-state index contributed by atoms with van der Waals surface area (Å²) < 4.78 is 13.8. The molecule has 0 spiro atoms. The number of hydrogen-bond acceptors (Lipinski definition) is 2. The van der Waals surface area contributed by atoms with E-state index in [0.29, 0.717) is 16.4 Å². The predicted octanol–water partition coefficient (Wildman–Crippen LogP) is 4.86. The van der Waals surface area contributed by atoms with Crippen molar-refractivity contribution in [2.75, 3.05) is 5.32 Å². The molecule has 0 aromatic heterocycles. The van der Waals surface area contributed by atoms with Crippen LogP contribution in [0.3, 0.4) is 0 Å². The average Bonchev–Trinajstić information content (AvgIpc) is 2.36. The van der Waals surface area contributed by atoms with Crippen molar-refractivity contribution in [1.29, 1.82) is 5.26 Å². The highest BCUT2D eigenvalue weighted by atomic mass is 79.9. The summed E-state index contributed by atoms with van der Waals surface area (Å²) in [4.78, 5) is 0. The molecule has 0 amide bonds. The van der Waals surface area contributed by atoms with Crippen LogP contribution in [0.25, 0.3) is 0 Å². The molecular formula is C13H7BrClFN2. The van der Waals surface area contributed by atoms with Gasteiger partial charge in [-0.25, -0.2) is 4.39 Å². The Morgan fingerprint density at radius 2 is 1.94 bits per heavy atom. The van der Waals surface area contributed by atoms with Gasteiger partial charge in [-0.15, -0.1) is 0 Å². The average molecular weight is 326 g/mol. The van der Waals surface area contributed by atoms with Crippen LogP contribution < -0.4 is 5.32 Å².